The standard InChI is InChI=1S/C35H37F2N9O3/c1-6-31(47)46-15-11-23(12-16-46)25-8-9-26-32(33(25)49-28-13-14-44(4)19-35(28,36)37)34(41-20-39-26)43-24-7-10-27(22(2)17-24)48-30(38-3)18-29-40-21-42-45(29)5/h6-11,17-18,20-21,28H,1,3,12-16,19H2,2,4-5H3,(H,39,41,43)/b30-18+/t28-/m1/s1. The summed E-state index contributed by atoms with van der Waals surface area (Å²) in [5, 5.41) is 7.88. The van der Waals surface area contributed by atoms with Crippen LogP contribution in [-0.2, 0) is 11.8 Å². The Bertz CT molecular complexity index is 1970. The number of aliphatic imine (C=N–C) groups is 1. The average molecular weight is 670 g/mol. The van der Waals surface area contributed by atoms with Gasteiger partial charge in [0.1, 0.15) is 30.0 Å². The number of rotatable bonds is 10. The van der Waals surface area contributed by atoms with Gasteiger partial charge in [-0.1, -0.05) is 12.7 Å². The third-order valence-corrected chi connectivity index (χ3v) is 8.59. The van der Waals surface area contributed by atoms with Crippen molar-refractivity contribution in [1.29, 1.82) is 0 Å². The van der Waals surface area contributed by atoms with Crippen molar-refractivity contribution in [2.24, 2.45) is 12.0 Å². The number of hydrogen-bond donors (Lipinski definition) is 1. The first-order chi connectivity index (χ1) is 23.6. The average Bonchev–Trinajstić information content (AvgIpc) is 3.49. The van der Waals surface area contributed by atoms with Crippen LogP contribution in [0.1, 0.15) is 29.8 Å². The highest BCUT2D eigenvalue weighted by atomic mass is 19.3. The van der Waals surface area contributed by atoms with Gasteiger partial charge in [0.2, 0.25) is 11.8 Å². The smallest absolute Gasteiger partial charge is 0.296 e. The van der Waals surface area contributed by atoms with Crippen molar-refractivity contribution in [3.8, 4) is 11.5 Å². The summed E-state index contributed by atoms with van der Waals surface area (Å²) in [7, 11) is 3.43. The number of fused-ring (bicyclic) bond motifs is 1. The van der Waals surface area contributed by atoms with Crippen LogP contribution in [0.5, 0.6) is 11.5 Å². The number of carbonyl (C=O) groups is 1. The Kier molecular flexibility index (Phi) is 9.49. The number of piperidine rings is 1. The van der Waals surface area contributed by atoms with Crippen LogP contribution < -0.4 is 14.8 Å². The lowest BCUT2D eigenvalue weighted by Crippen LogP contribution is -2.52. The summed E-state index contributed by atoms with van der Waals surface area (Å²) in [6, 6.07) is 9.13. The molecule has 0 aliphatic carbocycles. The molecular formula is C35H37F2N9O3. The molecule has 2 aromatic heterocycles. The molecule has 0 radical (unpaired) electrons. The van der Waals surface area contributed by atoms with Crippen LogP contribution in [-0.4, -0.2) is 92.4 Å². The molecule has 4 heterocycles. The van der Waals surface area contributed by atoms with Gasteiger partial charge in [0, 0.05) is 50.4 Å². The molecule has 2 aromatic carbocycles. The maximum Gasteiger partial charge on any atom is 0.296 e. The van der Waals surface area contributed by atoms with Crippen LogP contribution in [0.25, 0.3) is 22.6 Å². The number of nitrogens with zero attached hydrogens (tertiary/aromatic N) is 8. The van der Waals surface area contributed by atoms with E-state index in [-0.39, 0.29) is 24.0 Å². The molecule has 1 fully saturated rings. The number of carbonyl (C=O) groups excluding carboxylic acids is 1. The number of aromatic nitrogens is 5. The summed E-state index contributed by atoms with van der Waals surface area (Å²) in [5.41, 5.74) is 3.52. The zero-order chi connectivity index (χ0) is 34.7. The highest BCUT2D eigenvalue weighted by Crippen LogP contribution is 2.42. The van der Waals surface area contributed by atoms with Gasteiger partial charge < -0.3 is 24.6 Å². The molecule has 4 aromatic rings. The van der Waals surface area contributed by atoms with Gasteiger partial charge in [-0.05, 0) is 74.7 Å². The quantitative estimate of drug-likeness (QED) is 0.134. The second-order valence-electron chi connectivity index (χ2n) is 12.0. The van der Waals surface area contributed by atoms with Crippen LogP contribution in [0.4, 0.5) is 20.3 Å². The topological polar surface area (TPSA) is 123 Å². The molecule has 1 saturated heterocycles. The minimum atomic E-state index is -3.09. The van der Waals surface area contributed by atoms with Crippen LogP contribution >= 0.6 is 0 Å². The fourth-order valence-corrected chi connectivity index (χ4v) is 5.96. The molecule has 6 rings (SSSR count). The first kappa shape index (κ1) is 33.4. The number of ether oxygens (including phenoxy) is 2. The minimum Gasteiger partial charge on any atom is -0.483 e. The number of likely N-dealkylation sites (tertiary alicyclic amines) is 1. The van der Waals surface area contributed by atoms with E-state index < -0.39 is 18.6 Å². The number of nitrogens with one attached hydrogen (secondary N) is 1. The Morgan fingerprint density at radius 3 is 2.65 bits per heavy atom. The molecule has 0 saturated carbocycles. The van der Waals surface area contributed by atoms with Gasteiger partial charge in [0.05, 0.1) is 17.4 Å². The first-order valence-electron chi connectivity index (χ1n) is 15.8. The number of anilines is 2. The second kappa shape index (κ2) is 13.9. The van der Waals surface area contributed by atoms with Crippen molar-refractivity contribution in [3.63, 3.8) is 0 Å². The fraction of sp³-hybridized carbons (Fsp3) is 0.314. The lowest BCUT2D eigenvalue weighted by molar-refractivity contribution is -0.134. The molecule has 1 atom stereocenters. The van der Waals surface area contributed by atoms with Crippen molar-refractivity contribution < 1.29 is 23.0 Å². The molecule has 14 heteroatoms. The van der Waals surface area contributed by atoms with Crippen molar-refractivity contribution in [1.82, 2.24) is 34.5 Å². The largest absolute Gasteiger partial charge is 0.483 e. The molecule has 12 nitrogen and oxygen atoms in total. The van der Waals surface area contributed by atoms with E-state index in [1.807, 2.05) is 37.3 Å². The van der Waals surface area contributed by atoms with E-state index >= 15 is 8.78 Å². The molecule has 1 N–H and O–H groups in total. The lowest BCUT2D eigenvalue weighted by Gasteiger charge is -2.37. The molecule has 1 amide bonds. The molecule has 254 valence electrons. The van der Waals surface area contributed by atoms with E-state index in [0.717, 1.165) is 11.1 Å². The van der Waals surface area contributed by atoms with Gasteiger partial charge in [-0.2, -0.15) is 5.10 Å². The minimum absolute atomic E-state index is 0.143. The van der Waals surface area contributed by atoms with Gasteiger partial charge >= 0.3 is 0 Å². The lowest BCUT2D eigenvalue weighted by atomic mass is 9.96. The molecule has 2 aliphatic heterocycles. The highest BCUT2D eigenvalue weighted by molar-refractivity contribution is 5.99. The number of aryl methyl sites for hydroxylation is 2. The van der Waals surface area contributed by atoms with E-state index in [0.29, 0.717) is 65.6 Å². The zero-order valence-corrected chi connectivity index (χ0v) is 27.6. The maximum atomic E-state index is 15.4. The Hall–Kier alpha value is -5.50. The predicted molar refractivity (Wildman–Crippen MR) is 184 cm³/mol. The molecule has 0 spiro atoms. The number of halogens is 2. The van der Waals surface area contributed by atoms with Crippen molar-refractivity contribution in [3.05, 3.63) is 84.6 Å². The zero-order valence-electron chi connectivity index (χ0n) is 27.6. The Labute approximate surface area is 282 Å². The number of hydrogen-bond acceptors (Lipinski definition) is 10. The third-order valence-electron chi connectivity index (χ3n) is 8.59. The Morgan fingerprint density at radius 1 is 1.14 bits per heavy atom. The molecule has 49 heavy (non-hydrogen) atoms. The normalized spacial score (nSPS) is 18.1. The van der Waals surface area contributed by atoms with Crippen molar-refractivity contribution in [2.45, 2.75) is 31.8 Å². The van der Waals surface area contributed by atoms with Crippen molar-refractivity contribution >= 4 is 46.7 Å². The van der Waals surface area contributed by atoms with E-state index in [1.165, 1.54) is 18.7 Å². The summed E-state index contributed by atoms with van der Waals surface area (Å²) in [4.78, 5) is 32.7. The molecule has 0 unspecified atom stereocenters. The van der Waals surface area contributed by atoms with E-state index in [1.54, 1.807) is 40.7 Å². The molecular weight excluding hydrogens is 632 g/mol. The van der Waals surface area contributed by atoms with Crippen LogP contribution in [0.3, 0.4) is 0 Å². The Morgan fingerprint density at radius 2 is 1.98 bits per heavy atom. The van der Waals surface area contributed by atoms with Gasteiger partial charge in [-0.15, -0.1) is 0 Å². The summed E-state index contributed by atoms with van der Waals surface area (Å²) >= 11 is 0. The van der Waals surface area contributed by atoms with Gasteiger partial charge in [-0.25, -0.2) is 33.4 Å². The number of amides is 1. The van der Waals surface area contributed by atoms with Gasteiger partial charge in [0.15, 0.2) is 11.9 Å². The van der Waals surface area contributed by atoms with E-state index in [2.05, 4.69) is 43.7 Å². The molecule has 0 bridgehead atoms. The Balaban J connectivity index is 1.37. The summed E-state index contributed by atoms with van der Waals surface area (Å²) in [6.45, 7) is 9.95. The predicted octanol–water partition coefficient (Wildman–Crippen LogP) is 5.41. The van der Waals surface area contributed by atoms with E-state index in [4.69, 9.17) is 9.47 Å². The van der Waals surface area contributed by atoms with Gasteiger partial charge in [0.25, 0.3) is 5.92 Å². The van der Waals surface area contributed by atoms with E-state index in [9.17, 15) is 4.79 Å². The second-order valence-corrected chi connectivity index (χ2v) is 12.0. The number of benzene rings is 2. The summed E-state index contributed by atoms with van der Waals surface area (Å²) in [5.74, 6) is -1.24. The molecule has 2 aliphatic rings. The monoisotopic (exact) mass is 669 g/mol. The van der Waals surface area contributed by atoms with Crippen LogP contribution in [0.15, 0.2) is 72.6 Å². The summed E-state index contributed by atoms with van der Waals surface area (Å²) in [6.07, 6.45) is 6.98. The third kappa shape index (κ3) is 7.18. The van der Waals surface area contributed by atoms with Gasteiger partial charge in [-0.3, -0.25) is 4.79 Å². The first-order valence-corrected chi connectivity index (χ1v) is 15.8. The highest BCUT2D eigenvalue weighted by Gasteiger charge is 2.46. The summed E-state index contributed by atoms with van der Waals surface area (Å²) < 4.78 is 44.8. The SMILES string of the molecule is C=CC(=O)N1CC=C(c2ccc3ncnc(Nc4ccc(O/C(=C/c5ncnn5C)N=C)c(C)c4)c3c2O[C@@H]2CCN(C)CC2(F)F)CC1. The van der Waals surface area contributed by atoms with Crippen LogP contribution in [0.2, 0.25) is 0 Å². The maximum absolute atomic E-state index is 15.4. The van der Waals surface area contributed by atoms with Crippen LogP contribution in [0, 0.1) is 6.92 Å². The van der Waals surface area contributed by atoms with Crippen molar-refractivity contribution in [2.75, 3.05) is 38.5 Å². The number of alkyl halides is 2. The fourth-order valence-electron chi connectivity index (χ4n) is 5.96.